The summed E-state index contributed by atoms with van der Waals surface area (Å²) in [5.74, 6) is -0.964. The Bertz CT molecular complexity index is 2980. The van der Waals surface area contributed by atoms with Gasteiger partial charge in [-0.25, -0.2) is 19.1 Å². The van der Waals surface area contributed by atoms with Crippen LogP contribution in [0.5, 0.6) is 5.75 Å². The third-order valence-electron chi connectivity index (χ3n) is 11.9. The lowest BCUT2D eigenvalue weighted by Crippen LogP contribution is -2.71. The Balaban J connectivity index is 1.11. The van der Waals surface area contributed by atoms with Gasteiger partial charge in [-0.05, 0) is 93.3 Å². The van der Waals surface area contributed by atoms with Crippen LogP contribution in [0.1, 0.15) is 69.5 Å². The highest BCUT2D eigenvalue weighted by Crippen LogP contribution is 2.43. The third kappa shape index (κ3) is 11.5. The van der Waals surface area contributed by atoms with Crippen LogP contribution in [0, 0.1) is 0 Å². The van der Waals surface area contributed by atoms with E-state index in [1.165, 1.54) is 53.6 Å². The molecule has 8 rings (SSSR count). The molecule has 2 aromatic heterocycles. The zero-order valence-corrected chi connectivity index (χ0v) is 44.4. The number of thioether (sulfide) groups is 2. The predicted molar refractivity (Wildman–Crippen MR) is 287 cm³/mol. The summed E-state index contributed by atoms with van der Waals surface area (Å²) in [5, 5.41) is 12.8. The number of anilines is 3. The number of nitrogens with zero attached hydrogens (tertiary/aromatic N) is 5. The molecule has 384 valence electrons. The summed E-state index contributed by atoms with van der Waals surface area (Å²) in [5.41, 5.74) is 12.8. The second-order valence-electron chi connectivity index (χ2n) is 18.7. The molecule has 20 heteroatoms. The maximum absolute atomic E-state index is 14.8. The number of hydrogen-bond donors (Lipinski definition) is 4. The third-order valence-corrected chi connectivity index (χ3v) is 15.1. The largest absolute Gasteiger partial charge is 0.497 e. The molecule has 1 fully saturated rings. The molecular formula is C54H58N9O8S3+. The topological polar surface area (TPSA) is 227 Å². The van der Waals surface area contributed by atoms with Crippen molar-refractivity contribution >= 4 is 81.1 Å². The summed E-state index contributed by atoms with van der Waals surface area (Å²) < 4.78 is 18.6. The van der Waals surface area contributed by atoms with Gasteiger partial charge in [-0.15, -0.1) is 23.1 Å². The molecule has 6 aromatic rings. The molecule has 0 radical (unpaired) electrons. The highest BCUT2D eigenvalue weighted by Gasteiger charge is 2.55. The van der Waals surface area contributed by atoms with Gasteiger partial charge < -0.3 is 41.1 Å². The average molecular weight is 1060 g/mol. The van der Waals surface area contributed by atoms with Gasteiger partial charge in [0.1, 0.15) is 46.3 Å². The molecule has 1 saturated heterocycles. The lowest BCUT2D eigenvalue weighted by molar-refractivity contribution is -0.719. The number of thiazole rings is 1. The van der Waals surface area contributed by atoms with Gasteiger partial charge in [-0.1, -0.05) is 113 Å². The van der Waals surface area contributed by atoms with Crippen molar-refractivity contribution in [3.63, 3.8) is 0 Å². The van der Waals surface area contributed by atoms with E-state index >= 15 is 0 Å². The molecule has 2 aliphatic heterocycles. The van der Waals surface area contributed by atoms with Crippen LogP contribution in [0.3, 0.4) is 0 Å². The fourth-order valence-electron chi connectivity index (χ4n) is 8.24. The van der Waals surface area contributed by atoms with Crippen molar-refractivity contribution in [2.75, 3.05) is 35.4 Å². The number of nitrogens with two attached hydrogens (primary N) is 2. The fourth-order valence-corrected chi connectivity index (χ4v) is 11.6. The molecule has 0 saturated carbocycles. The van der Waals surface area contributed by atoms with Gasteiger partial charge in [0, 0.05) is 16.9 Å². The van der Waals surface area contributed by atoms with Gasteiger partial charge in [-0.2, -0.15) is 0 Å². The Morgan fingerprint density at radius 1 is 0.878 bits per heavy atom. The standard InChI is InChI=1S/C54H57N9O8S3/c1-8-62-41(56)28-40(55)58-51(62)74-31-34-30-72-47-43(46(65)63(47)44(34)48(66)69-29-33-24-26-38(68-7)27-25-33)59-45(64)42(61-71-53(5,6)49(67)70-52(2,3)4)39-32-73-50(57-39)60-54(35-18-12-9-13-19-35,36-20-14-10-15-21-36)37-22-16-11-17-23-37/h9-28,32,43,47H,8,29-31H2,1-7H3,(H5,55,56,57,59,60,64)/p+1/b61-42-. The number of ether oxygens (including phenoxy) is 3. The number of aromatic nitrogens is 3. The summed E-state index contributed by atoms with van der Waals surface area (Å²) >= 11 is 3.92. The second kappa shape index (κ2) is 22.4. The number of benzene rings is 4. The van der Waals surface area contributed by atoms with Crippen LogP contribution < -0.4 is 31.4 Å². The van der Waals surface area contributed by atoms with E-state index in [9.17, 15) is 19.2 Å². The van der Waals surface area contributed by atoms with Crippen molar-refractivity contribution in [3.8, 4) is 5.75 Å². The molecule has 2 aliphatic rings. The van der Waals surface area contributed by atoms with Gasteiger partial charge in [-0.3, -0.25) is 14.5 Å². The predicted octanol–water partition coefficient (Wildman–Crippen LogP) is 7.45. The molecule has 0 spiro atoms. The van der Waals surface area contributed by atoms with E-state index in [1.807, 2.05) is 97.9 Å². The van der Waals surface area contributed by atoms with Crippen LogP contribution >= 0.6 is 34.9 Å². The molecule has 74 heavy (non-hydrogen) atoms. The minimum absolute atomic E-state index is 0.0652. The number of hydrogen-bond acceptors (Lipinski definition) is 17. The molecule has 0 bridgehead atoms. The Morgan fingerprint density at radius 3 is 2.05 bits per heavy atom. The normalized spacial score (nSPS) is 15.9. The Kier molecular flexibility index (Phi) is 16.0. The van der Waals surface area contributed by atoms with E-state index in [0.29, 0.717) is 45.3 Å². The second-order valence-corrected chi connectivity index (χ2v) is 21.6. The van der Waals surface area contributed by atoms with E-state index in [2.05, 4.69) is 20.8 Å². The molecule has 4 heterocycles. The summed E-state index contributed by atoms with van der Waals surface area (Å²) in [4.78, 5) is 73.6. The summed E-state index contributed by atoms with van der Waals surface area (Å²) in [6.07, 6.45) is 0. The van der Waals surface area contributed by atoms with E-state index < -0.39 is 51.9 Å². The van der Waals surface area contributed by atoms with Gasteiger partial charge in [0.05, 0.1) is 19.7 Å². The van der Waals surface area contributed by atoms with Crippen molar-refractivity contribution in [2.24, 2.45) is 5.16 Å². The first kappa shape index (κ1) is 52.9. The SMILES string of the molecule is CC[n+]1c(N)cc(N)nc1SCC1=C(C(=O)OCc2ccc(OC)cc2)N2C(=O)C(NC(=O)/C(=N\OC(C)(C)C(=O)OC(C)(C)C)c3csc(NC(c4ccccc4)(c4ccccc4)c4ccccc4)n3)C2SC1. The van der Waals surface area contributed by atoms with Crippen LogP contribution in [0.25, 0.3) is 0 Å². The number of nitrogens with one attached hydrogen (secondary N) is 2. The number of β-lactam (4-membered cyclic amide) rings is 1. The Labute approximate surface area is 442 Å². The van der Waals surface area contributed by atoms with Crippen LogP contribution in [-0.2, 0) is 52.2 Å². The Hall–Kier alpha value is -7.42. The summed E-state index contributed by atoms with van der Waals surface area (Å²) in [6, 6.07) is 37.4. The number of rotatable bonds is 19. The zero-order valence-electron chi connectivity index (χ0n) is 42.0. The molecule has 4 aromatic carbocycles. The number of carbonyl (C=O) groups excluding carboxylic acids is 4. The van der Waals surface area contributed by atoms with Crippen molar-refractivity contribution in [2.45, 2.75) is 88.0 Å². The van der Waals surface area contributed by atoms with Gasteiger partial charge in [0.2, 0.25) is 17.2 Å². The minimum Gasteiger partial charge on any atom is -0.497 e. The lowest BCUT2D eigenvalue weighted by atomic mass is 9.77. The highest BCUT2D eigenvalue weighted by atomic mass is 32.2. The smallest absolute Gasteiger partial charge is 0.355 e. The summed E-state index contributed by atoms with van der Waals surface area (Å²) in [7, 11) is 1.56. The van der Waals surface area contributed by atoms with E-state index in [4.69, 9.17) is 35.5 Å². The molecule has 2 amide bonds. The zero-order chi connectivity index (χ0) is 52.8. The van der Waals surface area contributed by atoms with E-state index in [1.54, 1.807) is 68.2 Å². The van der Waals surface area contributed by atoms with Crippen LogP contribution in [-0.4, -0.2) is 85.6 Å². The quantitative estimate of drug-likeness (QED) is 0.00903. The van der Waals surface area contributed by atoms with E-state index in [0.717, 1.165) is 16.7 Å². The number of nitrogen functional groups attached to an aromatic ring is 2. The fraction of sp³-hybridized carbons (Fsp3) is 0.296. The molecule has 2 atom stereocenters. The van der Waals surface area contributed by atoms with Crippen LogP contribution in [0.15, 0.2) is 148 Å². The number of fused-ring (bicyclic) bond motifs is 1. The Morgan fingerprint density at radius 2 is 1.49 bits per heavy atom. The first-order chi connectivity index (χ1) is 35.4. The maximum Gasteiger partial charge on any atom is 0.355 e. The maximum atomic E-state index is 14.8. The number of amides is 2. The monoisotopic (exact) mass is 1060 g/mol. The van der Waals surface area contributed by atoms with Crippen molar-refractivity contribution in [3.05, 3.63) is 166 Å². The lowest BCUT2D eigenvalue weighted by Gasteiger charge is -2.49. The highest BCUT2D eigenvalue weighted by molar-refractivity contribution is 8.01. The van der Waals surface area contributed by atoms with Crippen molar-refractivity contribution in [1.29, 1.82) is 0 Å². The molecule has 6 N–H and O–H groups in total. The van der Waals surface area contributed by atoms with Gasteiger partial charge >= 0.3 is 17.1 Å². The number of oxime groups is 1. The number of methoxy groups -OCH3 is 1. The minimum atomic E-state index is -1.66. The van der Waals surface area contributed by atoms with Gasteiger partial charge in [0.25, 0.3) is 11.8 Å². The summed E-state index contributed by atoms with van der Waals surface area (Å²) in [6.45, 7) is 10.5. The number of esters is 2. The number of carbonyl (C=O) groups is 4. The average Bonchev–Trinajstić information content (AvgIpc) is 3.85. The van der Waals surface area contributed by atoms with Crippen molar-refractivity contribution in [1.82, 2.24) is 20.2 Å². The van der Waals surface area contributed by atoms with E-state index in [-0.39, 0.29) is 35.3 Å². The van der Waals surface area contributed by atoms with Crippen molar-refractivity contribution < 1.29 is 42.8 Å². The first-order valence-electron chi connectivity index (χ1n) is 23.7. The molecule has 17 nitrogen and oxygen atoms in total. The van der Waals surface area contributed by atoms with Crippen LogP contribution in [0.2, 0.25) is 0 Å². The molecular weight excluding hydrogens is 999 g/mol. The first-order valence-corrected chi connectivity index (χ1v) is 26.6. The van der Waals surface area contributed by atoms with Crippen LogP contribution in [0.4, 0.5) is 16.8 Å². The molecule has 0 aliphatic carbocycles. The van der Waals surface area contributed by atoms with Gasteiger partial charge in [0.15, 0.2) is 10.8 Å². The molecule has 2 unspecified atom stereocenters.